The van der Waals surface area contributed by atoms with Crippen molar-refractivity contribution in [2.45, 2.75) is 32.3 Å². The summed E-state index contributed by atoms with van der Waals surface area (Å²) in [4.78, 5) is 11.6. The summed E-state index contributed by atoms with van der Waals surface area (Å²) in [6, 6.07) is 7.96. The molecule has 1 amide bonds. The first-order chi connectivity index (χ1) is 7.99. The molecule has 1 rings (SSSR count). The fourth-order valence-electron chi connectivity index (χ4n) is 1.52. The van der Waals surface area contributed by atoms with E-state index in [2.05, 4.69) is 21.2 Å². The molecular formula is C13H18BrNO2. The van der Waals surface area contributed by atoms with Crippen LogP contribution in [0.15, 0.2) is 28.7 Å². The van der Waals surface area contributed by atoms with Crippen LogP contribution in [-0.4, -0.2) is 23.7 Å². The summed E-state index contributed by atoms with van der Waals surface area (Å²) < 4.78 is 1.03. The first kappa shape index (κ1) is 14.2. The fourth-order valence-corrected chi connectivity index (χ4v) is 1.79. The number of amides is 1. The van der Waals surface area contributed by atoms with Gasteiger partial charge < -0.3 is 10.4 Å². The minimum atomic E-state index is -0.498. The van der Waals surface area contributed by atoms with Crippen LogP contribution in [0.5, 0.6) is 0 Å². The summed E-state index contributed by atoms with van der Waals surface area (Å²) in [5.41, 5.74) is 1.14. The van der Waals surface area contributed by atoms with E-state index in [1.165, 1.54) is 0 Å². The number of hydrogen-bond donors (Lipinski definition) is 2. The Bertz CT molecular complexity index is 362. The van der Waals surface area contributed by atoms with Gasteiger partial charge in [-0.1, -0.05) is 35.0 Å². The van der Waals surface area contributed by atoms with Crippen molar-refractivity contribution < 1.29 is 9.90 Å². The number of aliphatic hydroxyl groups is 1. The highest BCUT2D eigenvalue weighted by molar-refractivity contribution is 9.10. The van der Waals surface area contributed by atoms with Gasteiger partial charge in [-0.05, 0) is 30.5 Å². The Labute approximate surface area is 110 Å². The zero-order valence-corrected chi connectivity index (χ0v) is 11.7. The smallest absolute Gasteiger partial charge is 0.220 e. The summed E-state index contributed by atoms with van der Waals surface area (Å²) >= 11 is 3.38. The highest BCUT2D eigenvalue weighted by Gasteiger charge is 2.11. The maximum atomic E-state index is 11.6. The van der Waals surface area contributed by atoms with E-state index in [9.17, 15) is 4.79 Å². The van der Waals surface area contributed by atoms with Crippen molar-refractivity contribution in [1.82, 2.24) is 5.32 Å². The van der Waals surface area contributed by atoms with Gasteiger partial charge in [-0.15, -0.1) is 0 Å². The highest BCUT2D eigenvalue weighted by Crippen LogP contribution is 2.20. The lowest BCUT2D eigenvalue weighted by Crippen LogP contribution is -2.31. The van der Waals surface area contributed by atoms with Gasteiger partial charge in [-0.25, -0.2) is 0 Å². The molecule has 94 valence electrons. The van der Waals surface area contributed by atoms with Crippen molar-refractivity contribution in [1.29, 1.82) is 0 Å². The third-order valence-electron chi connectivity index (χ3n) is 2.53. The van der Waals surface area contributed by atoms with Crippen molar-refractivity contribution in [2.24, 2.45) is 0 Å². The van der Waals surface area contributed by atoms with Gasteiger partial charge in [0.15, 0.2) is 0 Å². The number of carbonyl (C=O) groups is 1. The Hall–Kier alpha value is -0.870. The van der Waals surface area contributed by atoms with Crippen LogP contribution >= 0.6 is 15.9 Å². The van der Waals surface area contributed by atoms with E-state index < -0.39 is 6.10 Å². The molecular weight excluding hydrogens is 282 g/mol. The van der Waals surface area contributed by atoms with Crippen molar-refractivity contribution in [3.05, 3.63) is 34.3 Å². The normalized spacial score (nSPS) is 14.1. The Morgan fingerprint density at radius 3 is 2.47 bits per heavy atom. The van der Waals surface area contributed by atoms with E-state index >= 15 is 0 Å². The minimum Gasteiger partial charge on any atom is -0.392 e. The Morgan fingerprint density at radius 2 is 1.94 bits per heavy atom. The lowest BCUT2D eigenvalue weighted by Gasteiger charge is -2.13. The van der Waals surface area contributed by atoms with Gasteiger partial charge >= 0.3 is 0 Å². The van der Waals surface area contributed by atoms with Crippen molar-refractivity contribution in [2.75, 3.05) is 6.54 Å². The zero-order valence-electron chi connectivity index (χ0n) is 10.1. The monoisotopic (exact) mass is 299 g/mol. The van der Waals surface area contributed by atoms with Gasteiger partial charge in [0.1, 0.15) is 0 Å². The quantitative estimate of drug-likeness (QED) is 0.877. The molecule has 0 saturated carbocycles. The minimum absolute atomic E-state index is 0.0266. The molecule has 0 heterocycles. The Morgan fingerprint density at radius 1 is 1.35 bits per heavy atom. The lowest BCUT2D eigenvalue weighted by molar-refractivity contribution is -0.121. The molecule has 4 heteroatoms. The number of hydrogen-bond acceptors (Lipinski definition) is 2. The molecule has 0 fully saturated rings. The highest BCUT2D eigenvalue weighted by atomic mass is 79.9. The summed E-state index contributed by atoms with van der Waals surface area (Å²) in [5.74, 6) is 0.151. The van der Waals surface area contributed by atoms with Gasteiger partial charge in [0.05, 0.1) is 6.10 Å². The summed E-state index contributed by atoms with van der Waals surface area (Å²) in [5, 5.41) is 11.8. The molecule has 0 radical (unpaired) electrons. The van der Waals surface area contributed by atoms with Crippen LogP contribution in [0.4, 0.5) is 0 Å². The third kappa shape index (κ3) is 5.33. The first-order valence-corrected chi connectivity index (χ1v) is 6.48. The standard InChI is InChI=1S/C13H18BrNO2/c1-9(7-13(17)15-8-10(2)16)11-3-5-12(14)6-4-11/h3-6,9-10,16H,7-8H2,1-2H3,(H,15,17)/t9?,10-/m0/s1. The second-order valence-electron chi connectivity index (χ2n) is 4.31. The molecule has 0 aliphatic rings. The molecule has 1 aromatic carbocycles. The summed E-state index contributed by atoms with van der Waals surface area (Å²) in [6.45, 7) is 3.98. The SMILES string of the molecule is CC(CC(=O)NC[C@H](C)O)c1ccc(Br)cc1. The lowest BCUT2D eigenvalue weighted by atomic mass is 9.97. The van der Waals surface area contributed by atoms with Crippen molar-refractivity contribution >= 4 is 21.8 Å². The largest absolute Gasteiger partial charge is 0.392 e. The molecule has 0 aliphatic carbocycles. The second-order valence-corrected chi connectivity index (χ2v) is 5.23. The Kier molecular flexibility index (Phi) is 5.65. The van der Waals surface area contributed by atoms with E-state index in [1.807, 2.05) is 31.2 Å². The molecule has 1 aromatic rings. The van der Waals surface area contributed by atoms with E-state index in [0.29, 0.717) is 13.0 Å². The van der Waals surface area contributed by atoms with Crippen LogP contribution in [-0.2, 0) is 4.79 Å². The van der Waals surface area contributed by atoms with Gasteiger partial charge in [0.2, 0.25) is 5.91 Å². The van der Waals surface area contributed by atoms with Crippen molar-refractivity contribution in [3.63, 3.8) is 0 Å². The molecule has 0 spiro atoms. The van der Waals surface area contributed by atoms with E-state index in [-0.39, 0.29) is 11.8 Å². The van der Waals surface area contributed by atoms with Crippen LogP contribution in [0, 0.1) is 0 Å². The van der Waals surface area contributed by atoms with Gasteiger partial charge in [-0.3, -0.25) is 4.79 Å². The number of carbonyl (C=O) groups excluding carboxylic acids is 1. The molecule has 2 N–H and O–H groups in total. The van der Waals surface area contributed by atoms with Gasteiger partial charge in [0.25, 0.3) is 0 Å². The number of aliphatic hydroxyl groups excluding tert-OH is 1. The second kappa shape index (κ2) is 6.77. The molecule has 3 nitrogen and oxygen atoms in total. The van der Waals surface area contributed by atoms with Gasteiger partial charge in [-0.2, -0.15) is 0 Å². The number of nitrogens with one attached hydrogen (secondary N) is 1. The Balaban J connectivity index is 2.46. The van der Waals surface area contributed by atoms with Crippen LogP contribution in [0.1, 0.15) is 31.7 Å². The van der Waals surface area contributed by atoms with Crippen LogP contribution in [0.2, 0.25) is 0 Å². The maximum Gasteiger partial charge on any atom is 0.220 e. The number of halogens is 1. The van der Waals surface area contributed by atoms with Gasteiger partial charge in [0, 0.05) is 17.4 Å². The van der Waals surface area contributed by atoms with Crippen LogP contribution in [0.3, 0.4) is 0 Å². The van der Waals surface area contributed by atoms with E-state index in [0.717, 1.165) is 10.0 Å². The molecule has 0 saturated heterocycles. The molecule has 1 unspecified atom stereocenters. The van der Waals surface area contributed by atoms with Crippen LogP contribution in [0.25, 0.3) is 0 Å². The van der Waals surface area contributed by atoms with Crippen molar-refractivity contribution in [3.8, 4) is 0 Å². The average molecular weight is 300 g/mol. The summed E-state index contributed by atoms with van der Waals surface area (Å²) in [6.07, 6.45) is -0.0594. The predicted molar refractivity (Wildman–Crippen MR) is 71.9 cm³/mol. The topological polar surface area (TPSA) is 49.3 Å². The molecule has 0 aliphatic heterocycles. The number of rotatable bonds is 5. The fraction of sp³-hybridized carbons (Fsp3) is 0.462. The molecule has 17 heavy (non-hydrogen) atoms. The van der Waals surface area contributed by atoms with E-state index in [1.54, 1.807) is 6.92 Å². The third-order valence-corrected chi connectivity index (χ3v) is 3.05. The molecule has 2 atom stereocenters. The van der Waals surface area contributed by atoms with Crippen LogP contribution < -0.4 is 5.32 Å². The molecule has 0 bridgehead atoms. The first-order valence-electron chi connectivity index (χ1n) is 5.69. The zero-order chi connectivity index (χ0) is 12.8. The average Bonchev–Trinajstić information content (AvgIpc) is 2.27. The molecule has 0 aromatic heterocycles. The predicted octanol–water partition coefficient (Wildman–Crippen LogP) is 2.44. The van der Waals surface area contributed by atoms with E-state index in [4.69, 9.17) is 5.11 Å². The maximum absolute atomic E-state index is 11.6. The number of benzene rings is 1. The summed E-state index contributed by atoms with van der Waals surface area (Å²) in [7, 11) is 0.